The average molecular weight is 386 g/mol. The van der Waals surface area contributed by atoms with Gasteiger partial charge in [0.2, 0.25) is 0 Å². The van der Waals surface area contributed by atoms with Crippen LogP contribution in [-0.2, 0) is 0 Å². The first kappa shape index (κ1) is 16.5. The molecule has 2 rings (SSSR count). The molecule has 0 aliphatic carbocycles. The molecule has 1 aromatic heterocycles. The fourth-order valence-corrected chi connectivity index (χ4v) is 3.00. The summed E-state index contributed by atoms with van der Waals surface area (Å²) < 4.78 is 0. The molecule has 4 nitrogen and oxygen atoms in total. The highest BCUT2D eigenvalue weighted by Crippen LogP contribution is 2.48. The van der Waals surface area contributed by atoms with Crippen LogP contribution in [0.5, 0.6) is 0 Å². The lowest BCUT2D eigenvalue weighted by atomic mass is 10.1. The van der Waals surface area contributed by atoms with Crippen LogP contribution >= 0.6 is 58.0 Å². The van der Waals surface area contributed by atoms with Crippen molar-refractivity contribution in [3.8, 4) is 11.1 Å². The molecular formula is C12H5Cl5N2O2. The number of hydrogen-bond acceptors (Lipinski definition) is 3. The minimum atomic E-state index is -1.24. The predicted octanol–water partition coefficient (Wildman–Crippen LogP) is 5.30. The van der Waals surface area contributed by atoms with Gasteiger partial charge in [0.1, 0.15) is 11.4 Å². The summed E-state index contributed by atoms with van der Waals surface area (Å²) in [4.78, 5) is 14.9. The molecule has 1 aromatic carbocycles. The van der Waals surface area contributed by atoms with E-state index in [-0.39, 0.29) is 42.1 Å². The highest BCUT2D eigenvalue weighted by atomic mass is 35.5. The van der Waals surface area contributed by atoms with E-state index < -0.39 is 5.97 Å². The fourth-order valence-electron chi connectivity index (χ4n) is 1.64. The van der Waals surface area contributed by atoms with Crippen molar-refractivity contribution < 1.29 is 9.90 Å². The van der Waals surface area contributed by atoms with Crippen molar-refractivity contribution in [3.63, 3.8) is 0 Å². The highest BCUT2D eigenvalue weighted by molar-refractivity contribution is 6.56. The molecule has 0 spiro atoms. The normalized spacial score (nSPS) is 10.7. The zero-order valence-electron chi connectivity index (χ0n) is 9.92. The third kappa shape index (κ3) is 2.87. The van der Waals surface area contributed by atoms with Gasteiger partial charge >= 0.3 is 5.97 Å². The highest BCUT2D eigenvalue weighted by Gasteiger charge is 2.22. The molecule has 21 heavy (non-hydrogen) atoms. The molecular weight excluding hydrogens is 381 g/mol. The second-order valence-electron chi connectivity index (χ2n) is 3.91. The number of carbonyl (C=O) groups is 1. The summed E-state index contributed by atoms with van der Waals surface area (Å²) in [7, 11) is 0. The number of aromatic nitrogens is 1. The number of aromatic carboxylic acids is 1. The molecule has 2 aromatic rings. The van der Waals surface area contributed by atoms with E-state index in [1.165, 1.54) is 12.3 Å². The zero-order valence-corrected chi connectivity index (χ0v) is 13.7. The summed E-state index contributed by atoms with van der Waals surface area (Å²) in [6, 6.07) is 1.28. The van der Waals surface area contributed by atoms with Crippen LogP contribution in [0.2, 0.25) is 25.1 Å². The number of nitrogens with two attached hydrogens (primary N) is 1. The Morgan fingerprint density at radius 1 is 1.00 bits per heavy atom. The Kier molecular flexibility index (Phi) is 4.76. The smallest absolute Gasteiger partial charge is 0.339 e. The van der Waals surface area contributed by atoms with Crippen LogP contribution in [0.15, 0.2) is 12.3 Å². The molecule has 0 bridgehead atoms. The SMILES string of the molecule is Nc1ncc(-c2c(Cl)c(Cl)c(Cl)c(Cl)c2Cl)cc1C(=O)O. The summed E-state index contributed by atoms with van der Waals surface area (Å²) in [5.74, 6) is -1.37. The van der Waals surface area contributed by atoms with Gasteiger partial charge in [0, 0.05) is 17.3 Å². The molecule has 1 heterocycles. The van der Waals surface area contributed by atoms with Crippen molar-refractivity contribution >= 4 is 69.8 Å². The fraction of sp³-hybridized carbons (Fsp3) is 0. The first-order chi connectivity index (χ1) is 9.75. The van der Waals surface area contributed by atoms with Gasteiger partial charge in [-0.15, -0.1) is 0 Å². The van der Waals surface area contributed by atoms with E-state index >= 15 is 0 Å². The molecule has 0 aliphatic heterocycles. The van der Waals surface area contributed by atoms with Gasteiger partial charge in [-0.25, -0.2) is 9.78 Å². The van der Waals surface area contributed by atoms with Crippen molar-refractivity contribution in [2.45, 2.75) is 0 Å². The number of benzene rings is 1. The maximum absolute atomic E-state index is 11.1. The summed E-state index contributed by atoms with van der Waals surface area (Å²) >= 11 is 30.1. The number of rotatable bonds is 2. The quantitative estimate of drug-likeness (QED) is 0.543. The average Bonchev–Trinajstić information content (AvgIpc) is 2.44. The number of anilines is 1. The van der Waals surface area contributed by atoms with E-state index in [0.29, 0.717) is 5.56 Å². The Bertz CT molecular complexity index is 735. The predicted molar refractivity (Wildman–Crippen MR) is 86.1 cm³/mol. The van der Waals surface area contributed by atoms with Gasteiger partial charge in [-0.1, -0.05) is 58.0 Å². The van der Waals surface area contributed by atoms with Gasteiger partial charge in [0.15, 0.2) is 0 Å². The number of carboxylic acids is 1. The minimum absolute atomic E-state index is 0.0106. The second-order valence-corrected chi connectivity index (χ2v) is 5.80. The van der Waals surface area contributed by atoms with Crippen LogP contribution < -0.4 is 5.73 Å². The second kappa shape index (κ2) is 6.07. The van der Waals surface area contributed by atoms with Crippen molar-refractivity contribution in [2.75, 3.05) is 5.73 Å². The topological polar surface area (TPSA) is 76.2 Å². The minimum Gasteiger partial charge on any atom is -0.478 e. The summed E-state index contributed by atoms with van der Waals surface area (Å²) in [6.07, 6.45) is 1.31. The first-order valence-corrected chi connectivity index (χ1v) is 7.15. The van der Waals surface area contributed by atoms with E-state index in [2.05, 4.69) is 4.98 Å². The first-order valence-electron chi connectivity index (χ1n) is 5.26. The molecule has 0 aliphatic rings. The molecule has 110 valence electrons. The number of pyridine rings is 1. The molecule has 0 radical (unpaired) electrons. The summed E-state index contributed by atoms with van der Waals surface area (Å²) in [5, 5.41) is 9.19. The number of nitrogens with zero attached hydrogens (tertiary/aromatic N) is 1. The van der Waals surface area contributed by atoms with Crippen molar-refractivity contribution in [3.05, 3.63) is 42.9 Å². The van der Waals surface area contributed by atoms with Crippen molar-refractivity contribution in [1.82, 2.24) is 4.98 Å². The van der Waals surface area contributed by atoms with Gasteiger partial charge < -0.3 is 10.8 Å². The molecule has 0 amide bonds. The van der Waals surface area contributed by atoms with Gasteiger partial charge in [-0.3, -0.25) is 0 Å². The number of hydrogen-bond donors (Lipinski definition) is 2. The molecule has 0 fully saturated rings. The maximum Gasteiger partial charge on any atom is 0.339 e. The lowest BCUT2D eigenvalue weighted by Gasteiger charge is -2.13. The lowest BCUT2D eigenvalue weighted by molar-refractivity contribution is 0.0697. The van der Waals surface area contributed by atoms with Crippen LogP contribution in [0, 0.1) is 0 Å². The number of halogens is 5. The van der Waals surface area contributed by atoms with Gasteiger partial charge in [-0.2, -0.15) is 0 Å². The van der Waals surface area contributed by atoms with Gasteiger partial charge in [-0.05, 0) is 6.07 Å². The molecule has 3 N–H and O–H groups in total. The lowest BCUT2D eigenvalue weighted by Crippen LogP contribution is -2.05. The summed E-state index contributed by atoms with van der Waals surface area (Å²) in [6.45, 7) is 0. The standard InChI is InChI=1S/C12H5Cl5N2O2/c13-6-5(7(14)9(16)10(17)8(6)15)3-1-4(12(20)21)11(18)19-2-3/h1-2H,(H2,18,19)(H,20,21). The largest absolute Gasteiger partial charge is 0.478 e. The van der Waals surface area contributed by atoms with Crippen LogP contribution in [0.25, 0.3) is 11.1 Å². The van der Waals surface area contributed by atoms with Crippen molar-refractivity contribution in [2.24, 2.45) is 0 Å². The van der Waals surface area contributed by atoms with Crippen LogP contribution in [0.4, 0.5) is 5.82 Å². The van der Waals surface area contributed by atoms with Crippen LogP contribution in [0.1, 0.15) is 10.4 Å². The molecule has 0 saturated carbocycles. The number of carboxylic acid groups (broad SMARTS) is 1. The van der Waals surface area contributed by atoms with E-state index in [9.17, 15) is 4.79 Å². The molecule has 0 saturated heterocycles. The van der Waals surface area contributed by atoms with Crippen LogP contribution in [0.3, 0.4) is 0 Å². The van der Waals surface area contributed by atoms with E-state index in [1.54, 1.807) is 0 Å². The van der Waals surface area contributed by atoms with Gasteiger partial charge in [0.25, 0.3) is 0 Å². The zero-order chi connectivity index (χ0) is 15.9. The molecule has 0 unspecified atom stereocenters. The molecule has 0 atom stereocenters. The van der Waals surface area contributed by atoms with Crippen molar-refractivity contribution in [1.29, 1.82) is 0 Å². The Morgan fingerprint density at radius 3 is 1.95 bits per heavy atom. The Balaban J connectivity index is 2.80. The van der Waals surface area contributed by atoms with E-state index in [1.807, 2.05) is 0 Å². The molecule has 9 heteroatoms. The maximum atomic E-state index is 11.1. The van der Waals surface area contributed by atoms with Crippen LogP contribution in [-0.4, -0.2) is 16.1 Å². The van der Waals surface area contributed by atoms with Gasteiger partial charge in [0.05, 0.1) is 25.1 Å². The third-order valence-corrected chi connectivity index (χ3v) is 4.92. The summed E-state index contributed by atoms with van der Waals surface area (Å²) in [5.41, 5.74) is 5.84. The third-order valence-electron chi connectivity index (χ3n) is 2.65. The Labute approximate surface area is 144 Å². The van der Waals surface area contributed by atoms with E-state index in [0.717, 1.165) is 0 Å². The number of nitrogen functional groups attached to an aromatic ring is 1. The Morgan fingerprint density at radius 2 is 1.48 bits per heavy atom. The van der Waals surface area contributed by atoms with E-state index in [4.69, 9.17) is 68.8 Å². The Hall–Kier alpha value is -0.910. The monoisotopic (exact) mass is 384 g/mol.